The highest BCUT2D eigenvalue weighted by Gasteiger charge is 2.16. The van der Waals surface area contributed by atoms with E-state index in [-0.39, 0.29) is 0 Å². The van der Waals surface area contributed by atoms with Gasteiger partial charge in [0.05, 0.1) is 11.4 Å². The van der Waals surface area contributed by atoms with Gasteiger partial charge in [-0.05, 0) is 37.0 Å². The highest BCUT2D eigenvalue weighted by molar-refractivity contribution is 5.66. The highest BCUT2D eigenvalue weighted by atomic mass is 14.9. The van der Waals surface area contributed by atoms with Crippen LogP contribution in [0.15, 0.2) is 18.2 Å². The van der Waals surface area contributed by atoms with Crippen molar-refractivity contribution >= 4 is 11.4 Å². The average Bonchev–Trinajstić information content (AvgIpc) is 2.12. The Morgan fingerprint density at radius 2 is 2.20 bits per heavy atom. The summed E-state index contributed by atoms with van der Waals surface area (Å²) in [5.41, 5.74) is 9.09. The van der Waals surface area contributed by atoms with Gasteiger partial charge in [0.2, 0.25) is 0 Å². The van der Waals surface area contributed by atoms with Gasteiger partial charge in [0, 0.05) is 6.54 Å². The predicted molar refractivity (Wildman–Crippen MR) is 66.0 cm³/mol. The number of nitrogens with two attached hydrogens (primary N) is 1. The van der Waals surface area contributed by atoms with Gasteiger partial charge in [0.1, 0.15) is 0 Å². The quantitative estimate of drug-likeness (QED) is 0.739. The van der Waals surface area contributed by atoms with Crippen molar-refractivity contribution in [1.29, 1.82) is 0 Å². The van der Waals surface area contributed by atoms with Gasteiger partial charge in [0.25, 0.3) is 0 Å². The molecule has 1 aliphatic rings. The smallest absolute Gasteiger partial charge is 0.0574 e. The Morgan fingerprint density at radius 1 is 1.40 bits per heavy atom. The van der Waals surface area contributed by atoms with Crippen LogP contribution >= 0.6 is 0 Å². The molecule has 1 aliphatic carbocycles. The Kier molecular flexibility index (Phi) is 3.14. The fourth-order valence-electron chi connectivity index (χ4n) is 2.04. The van der Waals surface area contributed by atoms with Crippen molar-refractivity contribution in [3.05, 3.63) is 23.8 Å². The predicted octanol–water partition coefficient (Wildman–Crippen LogP) is 3.18. The summed E-state index contributed by atoms with van der Waals surface area (Å²) >= 11 is 0. The second-order valence-corrected chi connectivity index (χ2v) is 4.60. The third-order valence-corrected chi connectivity index (χ3v) is 3.30. The summed E-state index contributed by atoms with van der Waals surface area (Å²) in [6.45, 7) is 3.12. The van der Waals surface area contributed by atoms with Crippen LogP contribution in [0.5, 0.6) is 0 Å². The molecule has 0 bridgehead atoms. The Labute approximate surface area is 91.9 Å². The lowest BCUT2D eigenvalue weighted by atomic mass is 9.83. The van der Waals surface area contributed by atoms with Gasteiger partial charge < -0.3 is 11.1 Å². The lowest BCUT2D eigenvalue weighted by Crippen LogP contribution is -2.16. The van der Waals surface area contributed by atoms with Gasteiger partial charge in [-0.1, -0.05) is 25.3 Å². The summed E-state index contributed by atoms with van der Waals surface area (Å²) < 4.78 is 0. The van der Waals surface area contributed by atoms with E-state index in [2.05, 4.69) is 24.4 Å². The second kappa shape index (κ2) is 4.56. The fraction of sp³-hybridized carbons (Fsp3) is 0.538. The second-order valence-electron chi connectivity index (χ2n) is 4.60. The molecule has 2 rings (SSSR count). The number of benzene rings is 1. The van der Waals surface area contributed by atoms with E-state index >= 15 is 0 Å². The Morgan fingerprint density at radius 3 is 2.80 bits per heavy atom. The molecule has 1 fully saturated rings. The molecule has 15 heavy (non-hydrogen) atoms. The van der Waals surface area contributed by atoms with E-state index in [1.165, 1.54) is 31.2 Å². The number of hydrogen-bond donors (Lipinski definition) is 2. The van der Waals surface area contributed by atoms with Gasteiger partial charge in [-0.3, -0.25) is 0 Å². The third-order valence-electron chi connectivity index (χ3n) is 3.30. The number of rotatable bonds is 4. The van der Waals surface area contributed by atoms with Gasteiger partial charge in [-0.2, -0.15) is 0 Å². The molecular weight excluding hydrogens is 184 g/mol. The molecular formula is C13H20N2. The van der Waals surface area contributed by atoms with Gasteiger partial charge in [-0.25, -0.2) is 0 Å². The molecule has 0 radical (unpaired) electrons. The maximum Gasteiger partial charge on any atom is 0.0574 e. The van der Waals surface area contributed by atoms with E-state index in [9.17, 15) is 0 Å². The van der Waals surface area contributed by atoms with Crippen molar-refractivity contribution in [1.82, 2.24) is 0 Å². The van der Waals surface area contributed by atoms with Crippen LogP contribution in [-0.4, -0.2) is 6.54 Å². The fourth-order valence-corrected chi connectivity index (χ4v) is 2.04. The molecule has 0 heterocycles. The van der Waals surface area contributed by atoms with Crippen molar-refractivity contribution in [2.75, 3.05) is 17.6 Å². The molecule has 0 unspecified atom stereocenters. The number of nitrogen functional groups attached to an aromatic ring is 1. The van der Waals surface area contributed by atoms with Crippen LogP contribution in [-0.2, 0) is 0 Å². The minimum absolute atomic E-state index is 0.864. The maximum absolute atomic E-state index is 5.92. The van der Waals surface area contributed by atoms with Crippen molar-refractivity contribution in [3.8, 4) is 0 Å². The largest absolute Gasteiger partial charge is 0.397 e. The van der Waals surface area contributed by atoms with E-state index in [1.54, 1.807) is 0 Å². The molecule has 0 saturated heterocycles. The Hall–Kier alpha value is -1.18. The first-order chi connectivity index (χ1) is 7.25. The van der Waals surface area contributed by atoms with Crippen LogP contribution in [0.1, 0.15) is 31.2 Å². The molecule has 2 nitrogen and oxygen atoms in total. The van der Waals surface area contributed by atoms with Crippen LogP contribution in [0.2, 0.25) is 0 Å². The van der Waals surface area contributed by atoms with Crippen LogP contribution in [0.4, 0.5) is 11.4 Å². The van der Waals surface area contributed by atoms with Crippen molar-refractivity contribution in [3.63, 3.8) is 0 Å². The molecule has 1 saturated carbocycles. The lowest BCUT2D eigenvalue weighted by molar-refractivity contribution is 0.303. The molecule has 0 amide bonds. The number of aryl methyl sites for hydroxylation is 1. The molecule has 0 aromatic heterocycles. The minimum atomic E-state index is 0.864. The Bertz CT molecular complexity index is 329. The third kappa shape index (κ3) is 2.65. The number of nitrogens with one attached hydrogen (secondary N) is 1. The topological polar surface area (TPSA) is 38.0 Å². The number of anilines is 2. The molecule has 82 valence electrons. The van der Waals surface area contributed by atoms with Crippen LogP contribution < -0.4 is 11.1 Å². The molecule has 0 aliphatic heterocycles. The van der Waals surface area contributed by atoms with Crippen LogP contribution in [0.3, 0.4) is 0 Å². The molecule has 3 N–H and O–H groups in total. The minimum Gasteiger partial charge on any atom is -0.397 e. The standard InChI is InChI=1S/C13H20N2/c1-10-5-6-13(12(14)9-10)15-8-7-11-3-2-4-11/h5-6,9,11,15H,2-4,7-8,14H2,1H3. The number of hydrogen-bond acceptors (Lipinski definition) is 2. The summed E-state index contributed by atoms with van der Waals surface area (Å²) in [5, 5.41) is 3.41. The van der Waals surface area contributed by atoms with E-state index in [1.807, 2.05) is 6.07 Å². The van der Waals surface area contributed by atoms with Crippen LogP contribution in [0.25, 0.3) is 0 Å². The zero-order valence-electron chi connectivity index (χ0n) is 9.42. The van der Waals surface area contributed by atoms with Gasteiger partial charge in [0.15, 0.2) is 0 Å². The molecule has 1 aromatic rings. The van der Waals surface area contributed by atoms with Crippen molar-refractivity contribution < 1.29 is 0 Å². The summed E-state index contributed by atoms with van der Waals surface area (Å²) in [5.74, 6) is 0.962. The maximum atomic E-state index is 5.92. The normalized spacial score (nSPS) is 16.1. The van der Waals surface area contributed by atoms with Gasteiger partial charge in [-0.15, -0.1) is 0 Å². The zero-order chi connectivity index (χ0) is 10.7. The first-order valence-corrected chi connectivity index (χ1v) is 5.86. The van der Waals surface area contributed by atoms with E-state index in [4.69, 9.17) is 5.73 Å². The monoisotopic (exact) mass is 204 g/mol. The van der Waals surface area contributed by atoms with Crippen molar-refractivity contribution in [2.24, 2.45) is 5.92 Å². The van der Waals surface area contributed by atoms with Gasteiger partial charge >= 0.3 is 0 Å². The zero-order valence-corrected chi connectivity index (χ0v) is 9.42. The highest BCUT2D eigenvalue weighted by Crippen LogP contribution is 2.29. The molecule has 0 atom stereocenters. The summed E-state index contributed by atoms with van der Waals surface area (Å²) in [4.78, 5) is 0. The molecule has 2 heteroatoms. The summed E-state index contributed by atoms with van der Waals surface area (Å²) in [6, 6.07) is 6.19. The average molecular weight is 204 g/mol. The first kappa shape index (κ1) is 10.3. The summed E-state index contributed by atoms with van der Waals surface area (Å²) in [6.07, 6.45) is 5.56. The van der Waals surface area contributed by atoms with E-state index < -0.39 is 0 Å². The lowest BCUT2D eigenvalue weighted by Gasteiger charge is -2.25. The van der Waals surface area contributed by atoms with E-state index in [0.29, 0.717) is 0 Å². The molecule has 1 aromatic carbocycles. The van der Waals surface area contributed by atoms with Crippen LogP contribution in [0, 0.1) is 12.8 Å². The first-order valence-electron chi connectivity index (χ1n) is 5.86. The van der Waals surface area contributed by atoms with E-state index in [0.717, 1.165) is 23.8 Å². The SMILES string of the molecule is Cc1ccc(NCCC2CCC2)c(N)c1. The summed E-state index contributed by atoms with van der Waals surface area (Å²) in [7, 11) is 0. The molecule has 0 spiro atoms. The van der Waals surface area contributed by atoms with Crippen molar-refractivity contribution in [2.45, 2.75) is 32.6 Å². The Balaban J connectivity index is 1.81.